The molecule has 0 fully saturated rings. The maximum Gasteiger partial charge on any atom is 0.320 e. The van der Waals surface area contributed by atoms with Gasteiger partial charge in [0.15, 0.2) is 0 Å². The average Bonchev–Trinajstić information content (AvgIpc) is 2.22. The lowest BCUT2D eigenvalue weighted by Crippen LogP contribution is -2.21. The van der Waals surface area contributed by atoms with Crippen LogP contribution in [0.5, 0.6) is 0 Å². The molecule has 1 aromatic rings. The van der Waals surface area contributed by atoms with E-state index < -0.39 is 11.9 Å². The van der Waals surface area contributed by atoms with Gasteiger partial charge in [0.2, 0.25) is 0 Å². The van der Waals surface area contributed by atoms with Crippen molar-refractivity contribution in [2.24, 2.45) is 0 Å². The maximum absolute atomic E-state index is 11.5. The third-order valence-electron chi connectivity index (χ3n) is 2.11. The van der Waals surface area contributed by atoms with Crippen LogP contribution in [-0.4, -0.2) is 18.9 Å². The molecule has 0 amide bonds. The van der Waals surface area contributed by atoms with Crippen molar-refractivity contribution >= 4 is 43.6 Å². The van der Waals surface area contributed by atoms with E-state index in [1.54, 1.807) is 12.1 Å². The third kappa shape index (κ3) is 2.92. The zero-order chi connectivity index (χ0) is 12.3. The molecule has 3 nitrogen and oxygen atoms in total. The molecule has 1 atom stereocenters. The molecule has 16 heavy (non-hydrogen) atoms. The summed E-state index contributed by atoms with van der Waals surface area (Å²) in [7, 11) is 1.27. The molecule has 1 aromatic carbocycles. The quantitative estimate of drug-likeness (QED) is 0.622. The van der Waals surface area contributed by atoms with Gasteiger partial charge in [0, 0.05) is 8.95 Å². The molecule has 0 bridgehead atoms. The van der Waals surface area contributed by atoms with Gasteiger partial charge in [-0.2, -0.15) is 0 Å². The van der Waals surface area contributed by atoms with E-state index in [1.165, 1.54) is 14.0 Å². The molecule has 1 unspecified atom stereocenters. The van der Waals surface area contributed by atoms with E-state index in [0.29, 0.717) is 10.0 Å². The first-order chi connectivity index (χ1) is 7.47. The van der Waals surface area contributed by atoms with E-state index in [2.05, 4.69) is 36.6 Å². The molecule has 5 heteroatoms. The maximum atomic E-state index is 11.5. The zero-order valence-electron chi connectivity index (χ0n) is 8.79. The summed E-state index contributed by atoms with van der Waals surface area (Å²) in [4.78, 5) is 23.0. The number of hydrogen-bond donors (Lipinski definition) is 0. The highest BCUT2D eigenvalue weighted by Gasteiger charge is 2.28. The molecule has 0 aliphatic rings. The van der Waals surface area contributed by atoms with Gasteiger partial charge < -0.3 is 4.74 Å². The number of carbonyl (C=O) groups excluding carboxylic acids is 2. The fourth-order valence-corrected chi connectivity index (χ4v) is 2.22. The lowest BCUT2D eigenvalue weighted by molar-refractivity contribution is -0.145. The second kappa shape index (κ2) is 5.59. The molecule has 86 valence electrons. The van der Waals surface area contributed by atoms with Gasteiger partial charge in [0.1, 0.15) is 11.7 Å². The van der Waals surface area contributed by atoms with Crippen molar-refractivity contribution in [3.63, 3.8) is 0 Å². The number of Topliss-reactive ketones (excluding diaryl/α,β-unsaturated/α-hetero) is 1. The molecule has 0 heterocycles. The van der Waals surface area contributed by atoms with Crippen LogP contribution < -0.4 is 0 Å². The van der Waals surface area contributed by atoms with Crippen LogP contribution in [0.15, 0.2) is 27.1 Å². The number of esters is 1. The topological polar surface area (TPSA) is 43.4 Å². The number of rotatable bonds is 3. The summed E-state index contributed by atoms with van der Waals surface area (Å²) in [6, 6.07) is 5.33. The van der Waals surface area contributed by atoms with Gasteiger partial charge in [-0.15, -0.1) is 0 Å². The summed E-state index contributed by atoms with van der Waals surface area (Å²) < 4.78 is 6.14. The zero-order valence-corrected chi connectivity index (χ0v) is 12.0. The Morgan fingerprint density at radius 3 is 2.44 bits per heavy atom. The van der Waals surface area contributed by atoms with Gasteiger partial charge in [-0.1, -0.05) is 31.9 Å². The first-order valence-electron chi connectivity index (χ1n) is 4.50. The number of benzene rings is 1. The van der Waals surface area contributed by atoms with E-state index in [-0.39, 0.29) is 5.78 Å². The van der Waals surface area contributed by atoms with E-state index in [0.717, 1.165) is 4.47 Å². The van der Waals surface area contributed by atoms with Crippen LogP contribution in [-0.2, 0) is 14.3 Å². The van der Waals surface area contributed by atoms with E-state index in [4.69, 9.17) is 0 Å². The standard InChI is InChI=1S/C11H10Br2O3/c1-6(14)10(11(15)16-2)8-5-7(12)3-4-9(8)13/h3-5,10H,1-2H3. The predicted octanol–water partition coefficient (Wildman–Crippen LogP) is 3.06. The Morgan fingerprint density at radius 2 is 1.94 bits per heavy atom. The summed E-state index contributed by atoms with van der Waals surface area (Å²) in [5.74, 6) is -1.67. The van der Waals surface area contributed by atoms with Gasteiger partial charge in [0.25, 0.3) is 0 Å². The number of halogens is 2. The number of ether oxygens (including phenoxy) is 1. The van der Waals surface area contributed by atoms with Crippen LogP contribution in [0.1, 0.15) is 18.4 Å². The van der Waals surface area contributed by atoms with Crippen LogP contribution in [0.25, 0.3) is 0 Å². The van der Waals surface area contributed by atoms with Gasteiger partial charge in [0.05, 0.1) is 7.11 Å². The lowest BCUT2D eigenvalue weighted by Gasteiger charge is -2.13. The van der Waals surface area contributed by atoms with Gasteiger partial charge in [-0.3, -0.25) is 9.59 Å². The molecular weight excluding hydrogens is 340 g/mol. The highest BCUT2D eigenvalue weighted by Crippen LogP contribution is 2.29. The van der Waals surface area contributed by atoms with Crippen molar-refractivity contribution in [1.82, 2.24) is 0 Å². The van der Waals surface area contributed by atoms with E-state index in [9.17, 15) is 9.59 Å². The summed E-state index contributed by atoms with van der Waals surface area (Å²) in [6.07, 6.45) is 0. The van der Waals surface area contributed by atoms with Crippen LogP contribution in [0.2, 0.25) is 0 Å². The molecular formula is C11H10Br2O3. The van der Waals surface area contributed by atoms with Crippen LogP contribution in [0, 0.1) is 0 Å². The van der Waals surface area contributed by atoms with Crippen molar-refractivity contribution in [2.45, 2.75) is 12.8 Å². The Morgan fingerprint density at radius 1 is 1.31 bits per heavy atom. The lowest BCUT2D eigenvalue weighted by atomic mass is 9.96. The fraction of sp³-hybridized carbons (Fsp3) is 0.273. The van der Waals surface area contributed by atoms with Crippen molar-refractivity contribution in [3.8, 4) is 0 Å². The molecule has 0 spiro atoms. The van der Waals surface area contributed by atoms with E-state index >= 15 is 0 Å². The minimum atomic E-state index is -0.878. The number of carbonyl (C=O) groups is 2. The number of ketones is 1. The predicted molar refractivity (Wildman–Crippen MR) is 67.3 cm³/mol. The molecule has 0 N–H and O–H groups in total. The first kappa shape index (κ1) is 13.4. The Hall–Kier alpha value is -0.680. The summed E-state index contributed by atoms with van der Waals surface area (Å²) in [5.41, 5.74) is 0.605. The second-order valence-corrected chi connectivity index (χ2v) is 5.00. The Balaban J connectivity index is 3.25. The van der Waals surface area contributed by atoms with Crippen molar-refractivity contribution in [2.75, 3.05) is 7.11 Å². The second-order valence-electron chi connectivity index (χ2n) is 3.23. The van der Waals surface area contributed by atoms with Crippen LogP contribution in [0.4, 0.5) is 0 Å². The average molecular weight is 350 g/mol. The highest BCUT2D eigenvalue weighted by atomic mass is 79.9. The van der Waals surface area contributed by atoms with Crippen LogP contribution >= 0.6 is 31.9 Å². The normalized spacial score (nSPS) is 12.0. The molecule has 0 radical (unpaired) electrons. The molecule has 1 rings (SSSR count). The van der Waals surface area contributed by atoms with E-state index in [1.807, 2.05) is 6.07 Å². The molecule has 0 saturated heterocycles. The SMILES string of the molecule is COC(=O)C(C(C)=O)c1cc(Br)ccc1Br. The number of methoxy groups -OCH3 is 1. The van der Waals surface area contributed by atoms with Crippen molar-refractivity contribution < 1.29 is 14.3 Å². The molecule has 0 aliphatic carbocycles. The molecule has 0 aromatic heterocycles. The minimum Gasteiger partial charge on any atom is -0.468 e. The Bertz CT molecular complexity index is 429. The molecule has 0 saturated carbocycles. The molecule has 0 aliphatic heterocycles. The highest BCUT2D eigenvalue weighted by molar-refractivity contribution is 9.11. The van der Waals surface area contributed by atoms with Gasteiger partial charge in [-0.05, 0) is 30.7 Å². The Kier molecular flexibility index (Phi) is 4.68. The van der Waals surface area contributed by atoms with Crippen LogP contribution in [0.3, 0.4) is 0 Å². The first-order valence-corrected chi connectivity index (χ1v) is 6.09. The number of hydrogen-bond acceptors (Lipinski definition) is 3. The summed E-state index contributed by atoms with van der Waals surface area (Å²) in [6.45, 7) is 1.37. The largest absolute Gasteiger partial charge is 0.468 e. The summed E-state index contributed by atoms with van der Waals surface area (Å²) in [5, 5.41) is 0. The fourth-order valence-electron chi connectivity index (χ4n) is 1.37. The summed E-state index contributed by atoms with van der Waals surface area (Å²) >= 11 is 6.62. The third-order valence-corrected chi connectivity index (χ3v) is 3.33. The van der Waals surface area contributed by atoms with Gasteiger partial charge in [-0.25, -0.2) is 0 Å². The minimum absolute atomic E-state index is 0.245. The van der Waals surface area contributed by atoms with Crippen molar-refractivity contribution in [3.05, 3.63) is 32.7 Å². The van der Waals surface area contributed by atoms with Gasteiger partial charge >= 0.3 is 5.97 Å². The van der Waals surface area contributed by atoms with Crippen molar-refractivity contribution in [1.29, 1.82) is 0 Å². The monoisotopic (exact) mass is 348 g/mol. The Labute approximate surface area is 110 Å². The smallest absolute Gasteiger partial charge is 0.320 e.